The SMILES string of the molecule is CC(C)OCc1ccccc1CNC(=O)Cc1cc(Cl)c2c(c1)OCCCO2. The summed E-state index contributed by atoms with van der Waals surface area (Å²) in [5.41, 5.74) is 2.92. The predicted octanol–water partition coefficient (Wildman–Crippen LogP) is 4.29. The molecule has 0 atom stereocenters. The summed E-state index contributed by atoms with van der Waals surface area (Å²) in [5.74, 6) is 1.08. The van der Waals surface area contributed by atoms with Gasteiger partial charge in [-0.1, -0.05) is 35.9 Å². The highest BCUT2D eigenvalue weighted by atomic mass is 35.5. The van der Waals surface area contributed by atoms with E-state index in [1.807, 2.05) is 44.2 Å². The summed E-state index contributed by atoms with van der Waals surface area (Å²) in [7, 11) is 0. The lowest BCUT2D eigenvalue weighted by Gasteiger charge is -2.14. The van der Waals surface area contributed by atoms with Crippen LogP contribution >= 0.6 is 11.6 Å². The number of nitrogens with one attached hydrogen (secondary N) is 1. The molecule has 0 aliphatic carbocycles. The molecule has 1 amide bonds. The molecule has 0 unspecified atom stereocenters. The fraction of sp³-hybridized carbons (Fsp3) is 0.409. The quantitative estimate of drug-likeness (QED) is 0.749. The molecule has 2 aromatic carbocycles. The van der Waals surface area contributed by atoms with E-state index in [9.17, 15) is 4.79 Å². The Kier molecular flexibility index (Phi) is 7.18. The van der Waals surface area contributed by atoms with Gasteiger partial charge in [-0.2, -0.15) is 0 Å². The van der Waals surface area contributed by atoms with Gasteiger partial charge in [-0.25, -0.2) is 0 Å². The summed E-state index contributed by atoms with van der Waals surface area (Å²) < 4.78 is 17.0. The molecular weight excluding hydrogens is 378 g/mol. The Bertz CT molecular complexity index is 822. The lowest BCUT2D eigenvalue weighted by atomic mass is 10.1. The number of carbonyl (C=O) groups excluding carboxylic acids is 1. The first kappa shape index (κ1) is 20.5. The van der Waals surface area contributed by atoms with Gasteiger partial charge in [-0.05, 0) is 42.7 Å². The number of carbonyl (C=O) groups is 1. The molecule has 0 fully saturated rings. The van der Waals surface area contributed by atoms with Crippen LogP contribution in [0.15, 0.2) is 36.4 Å². The number of ether oxygens (including phenoxy) is 3. The Morgan fingerprint density at radius 1 is 1.18 bits per heavy atom. The van der Waals surface area contributed by atoms with Crippen molar-refractivity contribution in [3.63, 3.8) is 0 Å². The van der Waals surface area contributed by atoms with Crippen LogP contribution in [0.5, 0.6) is 11.5 Å². The van der Waals surface area contributed by atoms with E-state index in [1.165, 1.54) is 0 Å². The van der Waals surface area contributed by atoms with Crippen LogP contribution in [0.25, 0.3) is 0 Å². The first-order chi connectivity index (χ1) is 13.5. The Hall–Kier alpha value is -2.24. The maximum Gasteiger partial charge on any atom is 0.224 e. The topological polar surface area (TPSA) is 56.8 Å². The zero-order valence-corrected chi connectivity index (χ0v) is 17.1. The third-order valence-corrected chi connectivity index (χ3v) is 4.67. The number of fused-ring (bicyclic) bond motifs is 1. The predicted molar refractivity (Wildman–Crippen MR) is 109 cm³/mol. The van der Waals surface area contributed by atoms with Gasteiger partial charge in [-0.15, -0.1) is 0 Å². The number of rotatable bonds is 7. The highest BCUT2D eigenvalue weighted by Crippen LogP contribution is 2.38. The molecule has 0 saturated heterocycles. The van der Waals surface area contributed by atoms with E-state index in [0.717, 1.165) is 23.1 Å². The zero-order valence-electron chi connectivity index (χ0n) is 16.3. The monoisotopic (exact) mass is 403 g/mol. The molecule has 3 rings (SSSR count). The Labute approximate surface area is 170 Å². The Balaban J connectivity index is 1.61. The third kappa shape index (κ3) is 5.63. The maximum absolute atomic E-state index is 12.5. The van der Waals surface area contributed by atoms with Crippen molar-refractivity contribution in [2.45, 2.75) is 45.9 Å². The fourth-order valence-electron chi connectivity index (χ4n) is 2.96. The van der Waals surface area contributed by atoms with Crippen molar-refractivity contribution in [1.82, 2.24) is 5.32 Å². The molecule has 1 aliphatic rings. The number of amides is 1. The average molecular weight is 404 g/mol. The summed E-state index contributed by atoms with van der Waals surface area (Å²) in [5, 5.41) is 3.45. The largest absolute Gasteiger partial charge is 0.489 e. The van der Waals surface area contributed by atoms with Crippen LogP contribution < -0.4 is 14.8 Å². The minimum absolute atomic E-state index is 0.0786. The van der Waals surface area contributed by atoms with Gasteiger partial charge in [0.15, 0.2) is 11.5 Å². The summed E-state index contributed by atoms with van der Waals surface area (Å²) in [4.78, 5) is 12.5. The number of halogens is 1. The number of benzene rings is 2. The zero-order chi connectivity index (χ0) is 19.9. The molecule has 0 bridgehead atoms. The van der Waals surface area contributed by atoms with E-state index in [4.69, 9.17) is 25.8 Å². The van der Waals surface area contributed by atoms with Crippen LogP contribution in [0.2, 0.25) is 5.02 Å². The van der Waals surface area contributed by atoms with E-state index in [2.05, 4.69) is 5.32 Å². The third-order valence-electron chi connectivity index (χ3n) is 4.39. The second kappa shape index (κ2) is 9.80. The smallest absolute Gasteiger partial charge is 0.224 e. The summed E-state index contributed by atoms with van der Waals surface area (Å²) in [6, 6.07) is 11.6. The molecule has 0 aromatic heterocycles. The Morgan fingerprint density at radius 3 is 2.71 bits per heavy atom. The molecule has 150 valence electrons. The van der Waals surface area contributed by atoms with Crippen LogP contribution in [0, 0.1) is 0 Å². The minimum atomic E-state index is -0.0786. The van der Waals surface area contributed by atoms with E-state index in [-0.39, 0.29) is 18.4 Å². The summed E-state index contributed by atoms with van der Waals surface area (Å²) >= 11 is 6.31. The van der Waals surface area contributed by atoms with Crippen LogP contribution in [0.4, 0.5) is 0 Å². The molecule has 28 heavy (non-hydrogen) atoms. The van der Waals surface area contributed by atoms with Gasteiger partial charge in [0.2, 0.25) is 5.91 Å². The highest BCUT2D eigenvalue weighted by Gasteiger charge is 2.17. The van der Waals surface area contributed by atoms with Crippen molar-refractivity contribution in [1.29, 1.82) is 0 Å². The van der Waals surface area contributed by atoms with Gasteiger partial charge in [-0.3, -0.25) is 4.79 Å². The molecule has 1 aliphatic heterocycles. The lowest BCUT2D eigenvalue weighted by Crippen LogP contribution is -2.25. The minimum Gasteiger partial charge on any atom is -0.489 e. The highest BCUT2D eigenvalue weighted by molar-refractivity contribution is 6.32. The molecule has 1 N–H and O–H groups in total. The molecule has 1 heterocycles. The fourth-order valence-corrected chi connectivity index (χ4v) is 3.24. The Morgan fingerprint density at radius 2 is 1.93 bits per heavy atom. The van der Waals surface area contributed by atoms with Crippen molar-refractivity contribution in [3.05, 3.63) is 58.1 Å². The molecule has 0 saturated carbocycles. The lowest BCUT2D eigenvalue weighted by molar-refractivity contribution is -0.120. The number of hydrogen-bond donors (Lipinski definition) is 1. The van der Waals surface area contributed by atoms with Crippen LogP contribution in [-0.4, -0.2) is 25.2 Å². The van der Waals surface area contributed by atoms with E-state index < -0.39 is 0 Å². The van der Waals surface area contributed by atoms with Crippen molar-refractivity contribution >= 4 is 17.5 Å². The second-order valence-corrected chi connectivity index (χ2v) is 7.44. The van der Waals surface area contributed by atoms with E-state index in [0.29, 0.717) is 42.9 Å². The van der Waals surface area contributed by atoms with Crippen molar-refractivity contribution in [2.75, 3.05) is 13.2 Å². The first-order valence-electron chi connectivity index (χ1n) is 9.56. The molecular formula is C22H26ClNO4. The maximum atomic E-state index is 12.5. The summed E-state index contributed by atoms with van der Waals surface area (Å²) in [6.07, 6.45) is 1.19. The van der Waals surface area contributed by atoms with Gasteiger partial charge < -0.3 is 19.5 Å². The molecule has 2 aromatic rings. The van der Waals surface area contributed by atoms with Crippen molar-refractivity contribution < 1.29 is 19.0 Å². The molecule has 6 heteroatoms. The molecule has 0 spiro atoms. The van der Waals surface area contributed by atoms with Crippen molar-refractivity contribution in [3.8, 4) is 11.5 Å². The molecule has 5 nitrogen and oxygen atoms in total. The van der Waals surface area contributed by atoms with E-state index >= 15 is 0 Å². The van der Waals surface area contributed by atoms with Crippen LogP contribution in [-0.2, 0) is 29.1 Å². The van der Waals surface area contributed by atoms with Crippen LogP contribution in [0.1, 0.15) is 37.0 Å². The second-order valence-electron chi connectivity index (χ2n) is 7.04. The average Bonchev–Trinajstić information content (AvgIpc) is 2.91. The van der Waals surface area contributed by atoms with E-state index in [1.54, 1.807) is 6.07 Å². The van der Waals surface area contributed by atoms with Gasteiger partial charge >= 0.3 is 0 Å². The number of hydrogen-bond acceptors (Lipinski definition) is 4. The van der Waals surface area contributed by atoms with Gasteiger partial charge in [0.1, 0.15) is 0 Å². The van der Waals surface area contributed by atoms with Gasteiger partial charge in [0, 0.05) is 13.0 Å². The first-order valence-corrected chi connectivity index (χ1v) is 9.94. The molecule has 0 radical (unpaired) electrons. The summed E-state index contributed by atoms with van der Waals surface area (Å²) in [6.45, 7) is 6.15. The van der Waals surface area contributed by atoms with Gasteiger partial charge in [0.05, 0.1) is 37.4 Å². The van der Waals surface area contributed by atoms with Crippen LogP contribution in [0.3, 0.4) is 0 Å². The normalized spacial score (nSPS) is 13.3. The standard InChI is InChI=1S/C22H26ClNO4/c1-15(2)28-14-18-7-4-3-6-17(18)13-24-21(25)12-16-10-19(23)22-20(11-16)26-8-5-9-27-22/h3-4,6-7,10-11,15H,5,8-9,12-14H2,1-2H3,(H,24,25). The van der Waals surface area contributed by atoms with Gasteiger partial charge in [0.25, 0.3) is 0 Å². The van der Waals surface area contributed by atoms with Crippen molar-refractivity contribution in [2.24, 2.45) is 0 Å².